The van der Waals surface area contributed by atoms with Gasteiger partial charge in [0.25, 0.3) is 0 Å². The molecule has 0 bridgehead atoms. The predicted octanol–water partition coefficient (Wildman–Crippen LogP) is 5.95. The van der Waals surface area contributed by atoms with Crippen LogP contribution in [-0.4, -0.2) is 6.54 Å². The van der Waals surface area contributed by atoms with Crippen LogP contribution in [0, 0.1) is 5.82 Å². The van der Waals surface area contributed by atoms with E-state index in [9.17, 15) is 4.39 Å². The molecule has 1 nitrogen and oxygen atoms in total. The summed E-state index contributed by atoms with van der Waals surface area (Å²) < 4.78 is 14.2. The molecular weight excluding hydrogens is 328 g/mol. The molecule has 0 amide bonds. The van der Waals surface area contributed by atoms with Gasteiger partial charge in [-0.1, -0.05) is 54.0 Å². The predicted molar refractivity (Wildman–Crippen MR) is 89.1 cm³/mol. The van der Waals surface area contributed by atoms with Crippen LogP contribution in [0.4, 0.5) is 4.39 Å². The highest BCUT2D eigenvalue weighted by Gasteiger charge is 2.16. The Morgan fingerprint density at radius 1 is 1.24 bits per heavy atom. The molecule has 0 saturated carbocycles. The Morgan fingerprint density at radius 2 is 2.00 bits per heavy atom. The van der Waals surface area contributed by atoms with Crippen molar-refractivity contribution in [2.75, 3.05) is 6.54 Å². The van der Waals surface area contributed by atoms with Crippen molar-refractivity contribution in [2.45, 2.75) is 29.7 Å². The number of rotatable bonds is 5. The van der Waals surface area contributed by atoms with Crippen LogP contribution in [0.25, 0.3) is 0 Å². The molecule has 5 heteroatoms. The largest absolute Gasteiger partial charge is 0.310 e. The molecule has 0 spiro atoms. The molecular formula is C16H16Cl2FNS. The van der Waals surface area contributed by atoms with Crippen molar-refractivity contribution in [2.24, 2.45) is 0 Å². The Labute approximate surface area is 138 Å². The first-order chi connectivity index (χ1) is 10.0. The molecule has 0 aliphatic heterocycles. The fourth-order valence-electron chi connectivity index (χ4n) is 2.06. The number of hydrogen-bond donors (Lipinski definition) is 1. The van der Waals surface area contributed by atoms with Gasteiger partial charge in [-0.25, -0.2) is 4.39 Å². The fourth-order valence-corrected chi connectivity index (χ4v) is 3.63. The van der Waals surface area contributed by atoms with Gasteiger partial charge in [0, 0.05) is 16.0 Å². The molecule has 0 radical (unpaired) electrons. The minimum Gasteiger partial charge on any atom is -0.310 e. The van der Waals surface area contributed by atoms with Gasteiger partial charge in [0.05, 0.1) is 9.92 Å². The Hall–Kier alpha value is -0.740. The van der Waals surface area contributed by atoms with Crippen molar-refractivity contribution in [3.8, 4) is 0 Å². The zero-order valence-electron chi connectivity index (χ0n) is 11.8. The topological polar surface area (TPSA) is 12.0 Å². The lowest BCUT2D eigenvalue weighted by Crippen LogP contribution is -2.18. The zero-order valence-corrected chi connectivity index (χ0v) is 14.1. The van der Waals surface area contributed by atoms with Gasteiger partial charge in [-0.15, -0.1) is 0 Å². The molecule has 1 N–H and O–H groups in total. The average Bonchev–Trinajstić information content (AvgIpc) is 2.45. The van der Waals surface area contributed by atoms with Crippen molar-refractivity contribution in [1.82, 2.24) is 5.32 Å². The van der Waals surface area contributed by atoms with Crippen LogP contribution < -0.4 is 5.32 Å². The lowest BCUT2D eigenvalue weighted by atomic mass is 10.1. The van der Waals surface area contributed by atoms with E-state index < -0.39 is 0 Å². The third kappa shape index (κ3) is 4.13. The van der Waals surface area contributed by atoms with Crippen LogP contribution in [0.5, 0.6) is 0 Å². The quantitative estimate of drug-likeness (QED) is 0.719. The molecule has 0 fully saturated rings. The number of nitrogens with one attached hydrogen (secondary N) is 1. The van der Waals surface area contributed by atoms with Gasteiger partial charge >= 0.3 is 0 Å². The van der Waals surface area contributed by atoms with Crippen molar-refractivity contribution < 1.29 is 4.39 Å². The lowest BCUT2D eigenvalue weighted by Gasteiger charge is -2.18. The van der Waals surface area contributed by atoms with E-state index in [2.05, 4.69) is 5.32 Å². The molecule has 2 aromatic rings. The van der Waals surface area contributed by atoms with Crippen LogP contribution >= 0.6 is 35.0 Å². The summed E-state index contributed by atoms with van der Waals surface area (Å²) in [6, 6.07) is 10.4. The Kier molecular flexibility index (Phi) is 5.94. The van der Waals surface area contributed by atoms with E-state index in [1.807, 2.05) is 19.9 Å². The van der Waals surface area contributed by atoms with E-state index in [1.54, 1.807) is 24.3 Å². The highest BCUT2D eigenvalue weighted by Crippen LogP contribution is 2.39. The first-order valence-electron chi connectivity index (χ1n) is 6.67. The van der Waals surface area contributed by atoms with E-state index in [0.717, 1.165) is 17.0 Å². The summed E-state index contributed by atoms with van der Waals surface area (Å²) in [6.07, 6.45) is 0. The fraction of sp³-hybridized carbons (Fsp3) is 0.250. The third-order valence-electron chi connectivity index (χ3n) is 3.08. The van der Waals surface area contributed by atoms with E-state index in [0.29, 0.717) is 14.9 Å². The van der Waals surface area contributed by atoms with Crippen LogP contribution in [0.1, 0.15) is 25.5 Å². The van der Waals surface area contributed by atoms with Gasteiger partial charge in [0.2, 0.25) is 0 Å². The molecule has 0 saturated heterocycles. The van der Waals surface area contributed by atoms with Crippen LogP contribution in [0.15, 0.2) is 46.2 Å². The van der Waals surface area contributed by atoms with Crippen LogP contribution in [0.2, 0.25) is 10.0 Å². The minimum atomic E-state index is -0.252. The van der Waals surface area contributed by atoms with Crippen molar-refractivity contribution in [3.63, 3.8) is 0 Å². The minimum absolute atomic E-state index is 0.0613. The first kappa shape index (κ1) is 16.6. The van der Waals surface area contributed by atoms with Gasteiger partial charge in [-0.05, 0) is 43.3 Å². The summed E-state index contributed by atoms with van der Waals surface area (Å²) in [7, 11) is 0. The maximum atomic E-state index is 14.2. The van der Waals surface area contributed by atoms with Gasteiger partial charge in [-0.3, -0.25) is 0 Å². The number of benzene rings is 2. The van der Waals surface area contributed by atoms with Crippen molar-refractivity contribution in [3.05, 3.63) is 57.8 Å². The number of hydrogen-bond acceptors (Lipinski definition) is 2. The lowest BCUT2D eigenvalue weighted by molar-refractivity contribution is 0.558. The van der Waals surface area contributed by atoms with Crippen LogP contribution in [-0.2, 0) is 0 Å². The summed E-state index contributed by atoms with van der Waals surface area (Å²) in [5.74, 6) is -0.252. The average molecular weight is 344 g/mol. The molecule has 21 heavy (non-hydrogen) atoms. The molecule has 1 unspecified atom stereocenters. The van der Waals surface area contributed by atoms with E-state index in [-0.39, 0.29) is 11.9 Å². The smallest absolute Gasteiger partial charge is 0.137 e. The second-order valence-corrected chi connectivity index (χ2v) is 6.51. The van der Waals surface area contributed by atoms with Crippen LogP contribution in [0.3, 0.4) is 0 Å². The molecule has 0 aromatic heterocycles. The summed E-state index contributed by atoms with van der Waals surface area (Å²) in [5, 5.41) is 4.45. The molecule has 0 heterocycles. The zero-order chi connectivity index (χ0) is 15.4. The molecule has 112 valence electrons. The summed E-state index contributed by atoms with van der Waals surface area (Å²) in [5.41, 5.74) is 0.915. The van der Waals surface area contributed by atoms with Gasteiger partial charge in [0.1, 0.15) is 5.82 Å². The maximum absolute atomic E-state index is 14.2. The highest BCUT2D eigenvalue weighted by atomic mass is 35.5. The summed E-state index contributed by atoms with van der Waals surface area (Å²) >= 11 is 13.5. The Morgan fingerprint density at radius 3 is 2.71 bits per heavy atom. The molecule has 2 rings (SSSR count). The SMILES string of the molecule is CCNC(C)c1cccc(F)c1Sc1cc(Cl)ccc1Cl. The van der Waals surface area contributed by atoms with E-state index in [4.69, 9.17) is 23.2 Å². The second kappa shape index (κ2) is 7.50. The highest BCUT2D eigenvalue weighted by molar-refractivity contribution is 7.99. The number of halogens is 3. The van der Waals surface area contributed by atoms with Crippen molar-refractivity contribution in [1.29, 1.82) is 0 Å². The van der Waals surface area contributed by atoms with Crippen molar-refractivity contribution >= 4 is 35.0 Å². The third-order valence-corrected chi connectivity index (χ3v) is 4.95. The normalized spacial score (nSPS) is 12.4. The molecule has 0 aliphatic rings. The summed E-state index contributed by atoms with van der Waals surface area (Å²) in [4.78, 5) is 1.33. The standard InChI is InChI=1S/C16H16Cl2FNS/c1-3-20-10(2)12-5-4-6-14(19)16(12)21-15-9-11(17)7-8-13(15)18/h4-10,20H,3H2,1-2H3. The monoisotopic (exact) mass is 343 g/mol. The first-order valence-corrected chi connectivity index (χ1v) is 8.25. The molecule has 0 aliphatic carbocycles. The Bertz CT molecular complexity index is 634. The van der Waals surface area contributed by atoms with Gasteiger partial charge in [0.15, 0.2) is 0 Å². The molecule has 1 atom stereocenters. The van der Waals surface area contributed by atoms with E-state index >= 15 is 0 Å². The molecule has 2 aromatic carbocycles. The van der Waals surface area contributed by atoms with Gasteiger partial charge < -0.3 is 5.32 Å². The summed E-state index contributed by atoms with van der Waals surface area (Å²) in [6.45, 7) is 4.86. The second-order valence-electron chi connectivity index (χ2n) is 4.61. The Balaban J connectivity index is 2.41. The van der Waals surface area contributed by atoms with Gasteiger partial charge in [-0.2, -0.15) is 0 Å². The van der Waals surface area contributed by atoms with E-state index in [1.165, 1.54) is 17.8 Å². The maximum Gasteiger partial charge on any atom is 0.137 e.